The zero-order valence-corrected chi connectivity index (χ0v) is 11.7. The predicted octanol–water partition coefficient (Wildman–Crippen LogP) is 2.82. The van der Waals surface area contributed by atoms with E-state index in [1.54, 1.807) is 6.92 Å². The molecular weight excluding hydrogens is 242 g/mol. The van der Waals surface area contributed by atoms with Gasteiger partial charge in [0.05, 0.1) is 6.61 Å². The molecule has 1 unspecified atom stereocenters. The van der Waals surface area contributed by atoms with Gasteiger partial charge in [-0.3, -0.25) is 4.79 Å². The largest absolute Gasteiger partial charge is 0.494 e. The summed E-state index contributed by atoms with van der Waals surface area (Å²) < 4.78 is 5.61. The van der Waals surface area contributed by atoms with E-state index in [9.17, 15) is 4.79 Å². The van der Waals surface area contributed by atoms with Gasteiger partial charge in [0.25, 0.3) is 0 Å². The van der Waals surface area contributed by atoms with Gasteiger partial charge in [0.2, 0.25) is 0 Å². The summed E-state index contributed by atoms with van der Waals surface area (Å²) in [6, 6.07) is 7.22. The van der Waals surface area contributed by atoms with E-state index in [2.05, 4.69) is 12.2 Å². The third kappa shape index (κ3) is 6.25. The van der Waals surface area contributed by atoms with E-state index in [1.165, 1.54) is 12.8 Å². The third-order valence-corrected chi connectivity index (χ3v) is 2.92. The van der Waals surface area contributed by atoms with Gasteiger partial charge in [-0.05, 0) is 31.0 Å². The lowest BCUT2D eigenvalue weighted by molar-refractivity contribution is -0.139. The highest BCUT2D eigenvalue weighted by atomic mass is 16.5. The van der Waals surface area contributed by atoms with Crippen molar-refractivity contribution in [3.63, 3.8) is 0 Å². The summed E-state index contributed by atoms with van der Waals surface area (Å²) in [5.41, 5.74) is 1.05. The molecule has 0 fully saturated rings. The van der Waals surface area contributed by atoms with Crippen molar-refractivity contribution >= 4 is 5.97 Å². The highest BCUT2D eigenvalue weighted by Crippen LogP contribution is 2.13. The monoisotopic (exact) mass is 265 g/mol. The van der Waals surface area contributed by atoms with Crippen LogP contribution in [0, 0.1) is 0 Å². The van der Waals surface area contributed by atoms with Crippen molar-refractivity contribution in [2.24, 2.45) is 0 Å². The van der Waals surface area contributed by atoms with Crippen molar-refractivity contribution in [1.82, 2.24) is 5.32 Å². The van der Waals surface area contributed by atoms with Crippen LogP contribution in [0.3, 0.4) is 0 Å². The molecule has 0 saturated heterocycles. The molecule has 0 aliphatic rings. The first-order chi connectivity index (χ1) is 9.13. The van der Waals surface area contributed by atoms with Gasteiger partial charge in [-0.15, -0.1) is 0 Å². The summed E-state index contributed by atoms with van der Waals surface area (Å²) in [5, 5.41) is 11.7. The minimum atomic E-state index is -0.837. The van der Waals surface area contributed by atoms with Crippen LogP contribution in [0.4, 0.5) is 0 Å². The first-order valence-corrected chi connectivity index (χ1v) is 6.81. The number of benzene rings is 1. The molecule has 106 valence electrons. The average Bonchev–Trinajstić information content (AvgIpc) is 2.42. The van der Waals surface area contributed by atoms with Crippen LogP contribution in [0.25, 0.3) is 0 Å². The van der Waals surface area contributed by atoms with Crippen molar-refractivity contribution in [2.75, 3.05) is 6.61 Å². The van der Waals surface area contributed by atoms with Crippen molar-refractivity contribution in [2.45, 2.75) is 45.7 Å². The first kappa shape index (κ1) is 15.5. The van der Waals surface area contributed by atoms with Gasteiger partial charge >= 0.3 is 5.97 Å². The van der Waals surface area contributed by atoms with Gasteiger partial charge in [0.15, 0.2) is 0 Å². The molecule has 0 saturated carbocycles. The second-order valence-corrected chi connectivity index (χ2v) is 4.64. The Hall–Kier alpha value is -1.55. The summed E-state index contributed by atoms with van der Waals surface area (Å²) in [4.78, 5) is 10.7. The smallest absolute Gasteiger partial charge is 0.320 e. The summed E-state index contributed by atoms with van der Waals surface area (Å²) in [6.45, 7) is 5.10. The van der Waals surface area contributed by atoms with E-state index in [4.69, 9.17) is 9.84 Å². The molecule has 1 atom stereocenters. The van der Waals surface area contributed by atoms with E-state index in [0.717, 1.165) is 24.3 Å². The molecule has 0 radical (unpaired) electrons. The molecule has 4 nitrogen and oxygen atoms in total. The molecule has 19 heavy (non-hydrogen) atoms. The number of rotatable bonds is 9. The predicted molar refractivity (Wildman–Crippen MR) is 75.4 cm³/mol. The summed E-state index contributed by atoms with van der Waals surface area (Å²) in [5.74, 6) is 0.0296. The molecule has 0 spiro atoms. The van der Waals surface area contributed by atoms with Crippen molar-refractivity contribution in [1.29, 1.82) is 0 Å². The van der Waals surface area contributed by atoms with Crippen molar-refractivity contribution in [3.05, 3.63) is 29.8 Å². The van der Waals surface area contributed by atoms with Gasteiger partial charge in [-0.1, -0.05) is 31.9 Å². The SMILES string of the molecule is CCCCCOc1ccc(CNC(C)C(=O)O)cc1. The number of aliphatic carboxylic acids is 1. The Labute approximate surface area is 114 Å². The maximum atomic E-state index is 10.7. The Bertz CT molecular complexity index is 375. The van der Waals surface area contributed by atoms with Gasteiger partial charge in [-0.25, -0.2) is 0 Å². The maximum absolute atomic E-state index is 10.7. The molecule has 1 rings (SSSR count). The summed E-state index contributed by atoms with van der Waals surface area (Å²) in [7, 11) is 0. The van der Waals surface area contributed by atoms with Crippen LogP contribution in [-0.2, 0) is 11.3 Å². The number of unbranched alkanes of at least 4 members (excludes halogenated alkanes) is 2. The Morgan fingerprint density at radius 3 is 2.58 bits per heavy atom. The second-order valence-electron chi connectivity index (χ2n) is 4.64. The van der Waals surface area contributed by atoms with E-state index < -0.39 is 12.0 Å². The van der Waals surface area contributed by atoms with E-state index in [1.807, 2.05) is 24.3 Å². The molecule has 0 aliphatic heterocycles. The number of carboxylic acid groups (broad SMARTS) is 1. The second kappa shape index (κ2) is 8.53. The fourth-order valence-corrected chi connectivity index (χ4v) is 1.60. The fourth-order valence-electron chi connectivity index (χ4n) is 1.60. The molecule has 4 heteroatoms. The lowest BCUT2D eigenvalue weighted by Gasteiger charge is -2.10. The quantitative estimate of drug-likeness (QED) is 0.674. The normalized spacial score (nSPS) is 12.1. The van der Waals surface area contributed by atoms with Crippen molar-refractivity contribution in [3.8, 4) is 5.75 Å². The van der Waals surface area contributed by atoms with Gasteiger partial charge < -0.3 is 15.2 Å². The minimum absolute atomic E-state index is 0.537. The van der Waals surface area contributed by atoms with Crippen LogP contribution >= 0.6 is 0 Å². The maximum Gasteiger partial charge on any atom is 0.320 e. The molecule has 0 aliphatic carbocycles. The number of carboxylic acids is 1. The van der Waals surface area contributed by atoms with Crippen molar-refractivity contribution < 1.29 is 14.6 Å². The summed E-state index contributed by atoms with van der Waals surface area (Å²) in [6.07, 6.45) is 3.46. The molecule has 0 heterocycles. The van der Waals surface area contributed by atoms with Gasteiger partial charge in [0, 0.05) is 6.54 Å². The number of nitrogens with one attached hydrogen (secondary N) is 1. The Balaban J connectivity index is 2.33. The highest BCUT2D eigenvalue weighted by molar-refractivity contribution is 5.72. The first-order valence-electron chi connectivity index (χ1n) is 6.81. The zero-order chi connectivity index (χ0) is 14.1. The van der Waals surface area contributed by atoms with Crippen LogP contribution in [0.5, 0.6) is 5.75 Å². The van der Waals surface area contributed by atoms with Crippen LogP contribution < -0.4 is 10.1 Å². The van der Waals surface area contributed by atoms with Gasteiger partial charge in [0.1, 0.15) is 11.8 Å². The molecular formula is C15H23NO3. The molecule has 0 aromatic heterocycles. The van der Waals surface area contributed by atoms with Crippen LogP contribution in [0.1, 0.15) is 38.7 Å². The van der Waals surface area contributed by atoms with E-state index >= 15 is 0 Å². The average molecular weight is 265 g/mol. The zero-order valence-electron chi connectivity index (χ0n) is 11.7. The summed E-state index contributed by atoms with van der Waals surface area (Å²) >= 11 is 0. The lowest BCUT2D eigenvalue weighted by atomic mass is 10.2. The molecule has 2 N–H and O–H groups in total. The Morgan fingerprint density at radius 1 is 1.32 bits per heavy atom. The van der Waals surface area contributed by atoms with Crippen LogP contribution in [0.2, 0.25) is 0 Å². The minimum Gasteiger partial charge on any atom is -0.494 e. The third-order valence-electron chi connectivity index (χ3n) is 2.92. The standard InChI is InChI=1S/C15H23NO3/c1-3-4-5-10-19-14-8-6-13(7-9-14)11-16-12(2)15(17)18/h6-9,12,16H,3-5,10-11H2,1-2H3,(H,17,18). The van der Waals surface area contributed by atoms with Crippen LogP contribution in [-0.4, -0.2) is 23.7 Å². The van der Waals surface area contributed by atoms with Crippen LogP contribution in [0.15, 0.2) is 24.3 Å². The highest BCUT2D eigenvalue weighted by Gasteiger charge is 2.08. The number of ether oxygens (including phenoxy) is 1. The fraction of sp³-hybridized carbons (Fsp3) is 0.533. The molecule has 0 bridgehead atoms. The Morgan fingerprint density at radius 2 is 2.00 bits per heavy atom. The molecule has 0 amide bonds. The number of carbonyl (C=O) groups is 1. The topological polar surface area (TPSA) is 58.6 Å². The Kier molecular flexibility index (Phi) is 6.97. The molecule has 1 aromatic rings. The molecule has 1 aromatic carbocycles. The number of hydrogen-bond donors (Lipinski definition) is 2. The van der Waals surface area contributed by atoms with Gasteiger partial charge in [-0.2, -0.15) is 0 Å². The lowest BCUT2D eigenvalue weighted by Crippen LogP contribution is -2.33. The van der Waals surface area contributed by atoms with E-state index in [-0.39, 0.29) is 0 Å². The van der Waals surface area contributed by atoms with E-state index in [0.29, 0.717) is 6.54 Å². The number of hydrogen-bond acceptors (Lipinski definition) is 3.